The Morgan fingerprint density at radius 3 is 2.42 bits per heavy atom. The lowest BCUT2D eigenvalue weighted by Gasteiger charge is -2.28. The van der Waals surface area contributed by atoms with E-state index in [1.807, 2.05) is 26.0 Å². The molecule has 0 aliphatic carbocycles. The van der Waals surface area contributed by atoms with Gasteiger partial charge < -0.3 is 19.5 Å². The van der Waals surface area contributed by atoms with Crippen molar-refractivity contribution in [2.24, 2.45) is 11.3 Å². The maximum absolute atomic E-state index is 12.8. The van der Waals surface area contributed by atoms with E-state index in [0.717, 1.165) is 31.8 Å². The number of carboxylic acid groups (broad SMARTS) is 1. The fraction of sp³-hybridized carbons (Fsp3) is 0.600. The van der Waals surface area contributed by atoms with Crippen molar-refractivity contribution in [1.82, 2.24) is 4.90 Å². The highest BCUT2D eigenvalue weighted by Gasteiger charge is 2.48. The number of benzene rings is 1. The Bertz CT molecular complexity index is 651. The van der Waals surface area contributed by atoms with E-state index in [4.69, 9.17) is 9.47 Å². The minimum atomic E-state index is -0.845. The lowest BCUT2D eigenvalue weighted by molar-refractivity contribution is -0.150. The van der Waals surface area contributed by atoms with Gasteiger partial charge in [0.2, 0.25) is 0 Å². The van der Waals surface area contributed by atoms with E-state index in [1.54, 1.807) is 17.0 Å². The second kappa shape index (κ2) is 7.66. The molecule has 2 aliphatic rings. The molecule has 142 valence electrons. The first-order valence-electron chi connectivity index (χ1n) is 9.29. The van der Waals surface area contributed by atoms with Gasteiger partial charge in [0, 0.05) is 31.5 Å². The van der Waals surface area contributed by atoms with Gasteiger partial charge >= 0.3 is 5.97 Å². The second-order valence-corrected chi connectivity index (χ2v) is 7.55. The van der Waals surface area contributed by atoms with Crippen LogP contribution in [0.15, 0.2) is 24.3 Å². The van der Waals surface area contributed by atoms with Crippen LogP contribution in [0.1, 0.15) is 43.5 Å². The first kappa shape index (κ1) is 18.7. The zero-order valence-corrected chi connectivity index (χ0v) is 15.4. The highest BCUT2D eigenvalue weighted by atomic mass is 16.5. The van der Waals surface area contributed by atoms with Crippen LogP contribution in [-0.4, -0.2) is 54.3 Å². The molecule has 0 spiro atoms. The van der Waals surface area contributed by atoms with E-state index < -0.39 is 11.4 Å². The third-order valence-electron chi connectivity index (χ3n) is 5.69. The van der Waals surface area contributed by atoms with Gasteiger partial charge in [-0.2, -0.15) is 0 Å². The number of hydrogen-bond donors (Lipinski definition) is 1. The topological polar surface area (TPSA) is 76.1 Å². The average Bonchev–Trinajstić information content (AvgIpc) is 3.10. The quantitative estimate of drug-likeness (QED) is 0.873. The molecule has 2 aliphatic heterocycles. The van der Waals surface area contributed by atoms with Crippen LogP contribution in [0, 0.1) is 11.3 Å². The molecule has 1 unspecified atom stereocenters. The van der Waals surface area contributed by atoms with Crippen molar-refractivity contribution in [3.05, 3.63) is 29.8 Å². The summed E-state index contributed by atoms with van der Waals surface area (Å²) in [4.78, 5) is 26.2. The van der Waals surface area contributed by atoms with Crippen molar-refractivity contribution in [3.63, 3.8) is 0 Å². The third-order valence-corrected chi connectivity index (χ3v) is 5.69. The minimum absolute atomic E-state index is 0.0203. The van der Waals surface area contributed by atoms with E-state index in [0.29, 0.717) is 18.5 Å². The van der Waals surface area contributed by atoms with Gasteiger partial charge in [-0.25, -0.2) is 0 Å². The molecule has 0 aromatic heterocycles. The Hall–Kier alpha value is -2.08. The monoisotopic (exact) mass is 361 g/mol. The van der Waals surface area contributed by atoms with Gasteiger partial charge in [-0.1, -0.05) is 13.8 Å². The Morgan fingerprint density at radius 1 is 1.23 bits per heavy atom. The smallest absolute Gasteiger partial charge is 0.311 e. The van der Waals surface area contributed by atoms with Crippen molar-refractivity contribution in [1.29, 1.82) is 0 Å². The Kier molecular flexibility index (Phi) is 5.51. The molecule has 26 heavy (non-hydrogen) atoms. The summed E-state index contributed by atoms with van der Waals surface area (Å²) in [5.74, 6) is -0.209. The molecule has 0 radical (unpaired) electrons. The highest BCUT2D eigenvalue weighted by molar-refractivity contribution is 5.95. The summed E-state index contributed by atoms with van der Waals surface area (Å²) < 4.78 is 11.3. The van der Waals surface area contributed by atoms with E-state index in [2.05, 4.69) is 0 Å². The van der Waals surface area contributed by atoms with Crippen molar-refractivity contribution >= 4 is 11.9 Å². The standard InChI is InChI=1S/C20H27NO5/c1-14(2)20(19(23)24)9-10-21(13-20)18(22)15-3-5-16(6-4-15)26-17-7-11-25-12-8-17/h3-6,14,17H,7-13H2,1-2H3,(H,23,24). The lowest BCUT2D eigenvalue weighted by atomic mass is 9.76. The summed E-state index contributed by atoms with van der Waals surface area (Å²) in [5.41, 5.74) is -0.281. The molecular weight excluding hydrogens is 334 g/mol. The van der Waals surface area contributed by atoms with E-state index >= 15 is 0 Å². The van der Waals surface area contributed by atoms with Crippen LogP contribution in [0.4, 0.5) is 0 Å². The number of ether oxygens (including phenoxy) is 2. The number of hydrogen-bond acceptors (Lipinski definition) is 4. The van der Waals surface area contributed by atoms with Crippen LogP contribution in [0.3, 0.4) is 0 Å². The number of amides is 1. The highest BCUT2D eigenvalue weighted by Crippen LogP contribution is 2.38. The van der Waals surface area contributed by atoms with Crippen LogP contribution in [0.5, 0.6) is 5.75 Å². The molecule has 6 heteroatoms. The van der Waals surface area contributed by atoms with Gasteiger partial charge in [0.1, 0.15) is 11.9 Å². The lowest BCUT2D eigenvalue weighted by Crippen LogP contribution is -2.40. The number of likely N-dealkylation sites (tertiary alicyclic amines) is 1. The van der Waals surface area contributed by atoms with Crippen LogP contribution >= 0.6 is 0 Å². The molecule has 6 nitrogen and oxygen atoms in total. The van der Waals surface area contributed by atoms with Gasteiger partial charge in [0.25, 0.3) is 5.91 Å². The van der Waals surface area contributed by atoms with Crippen molar-refractivity contribution in [2.45, 2.75) is 39.2 Å². The Balaban J connectivity index is 1.64. The van der Waals surface area contributed by atoms with E-state index in [9.17, 15) is 14.7 Å². The predicted octanol–water partition coefficient (Wildman–Crippen LogP) is 2.82. The van der Waals surface area contributed by atoms with E-state index in [-0.39, 0.29) is 24.5 Å². The second-order valence-electron chi connectivity index (χ2n) is 7.55. The zero-order valence-electron chi connectivity index (χ0n) is 15.4. The molecule has 2 saturated heterocycles. The summed E-state index contributed by atoms with van der Waals surface area (Å²) >= 11 is 0. The zero-order chi connectivity index (χ0) is 18.7. The first-order valence-corrected chi connectivity index (χ1v) is 9.29. The van der Waals surface area contributed by atoms with Crippen LogP contribution in [0.2, 0.25) is 0 Å². The molecule has 1 aromatic rings. The summed E-state index contributed by atoms with van der Waals surface area (Å²) in [6, 6.07) is 7.14. The van der Waals surface area contributed by atoms with Crippen molar-refractivity contribution < 1.29 is 24.2 Å². The third kappa shape index (κ3) is 3.70. The van der Waals surface area contributed by atoms with Crippen LogP contribution < -0.4 is 4.74 Å². The molecule has 1 amide bonds. The summed E-state index contributed by atoms with van der Waals surface area (Å²) in [6.45, 7) is 5.99. The fourth-order valence-electron chi connectivity index (χ4n) is 3.74. The number of rotatable bonds is 5. The number of carboxylic acids is 1. The molecule has 1 N–H and O–H groups in total. The molecule has 0 saturated carbocycles. The molecule has 2 fully saturated rings. The van der Waals surface area contributed by atoms with Gasteiger partial charge in [-0.05, 0) is 36.6 Å². The predicted molar refractivity (Wildman–Crippen MR) is 96.3 cm³/mol. The van der Waals surface area contributed by atoms with Gasteiger partial charge in [0.05, 0.1) is 18.6 Å². The minimum Gasteiger partial charge on any atom is -0.490 e. The Morgan fingerprint density at radius 2 is 1.88 bits per heavy atom. The van der Waals surface area contributed by atoms with Crippen LogP contribution in [-0.2, 0) is 9.53 Å². The molecule has 1 aromatic carbocycles. The molecule has 3 rings (SSSR count). The Labute approximate surface area is 154 Å². The fourth-order valence-corrected chi connectivity index (χ4v) is 3.74. The number of nitrogens with zero attached hydrogens (tertiary/aromatic N) is 1. The van der Waals surface area contributed by atoms with Gasteiger partial charge in [-0.15, -0.1) is 0 Å². The molecular formula is C20H27NO5. The van der Waals surface area contributed by atoms with E-state index in [1.165, 1.54) is 0 Å². The largest absolute Gasteiger partial charge is 0.490 e. The summed E-state index contributed by atoms with van der Waals surface area (Å²) in [7, 11) is 0. The van der Waals surface area contributed by atoms with Crippen molar-refractivity contribution in [3.8, 4) is 5.75 Å². The first-order chi connectivity index (χ1) is 12.4. The maximum atomic E-state index is 12.8. The average molecular weight is 361 g/mol. The van der Waals surface area contributed by atoms with Crippen molar-refractivity contribution in [2.75, 3.05) is 26.3 Å². The molecule has 1 atom stereocenters. The number of aliphatic carboxylic acids is 1. The van der Waals surface area contributed by atoms with Crippen LogP contribution in [0.25, 0.3) is 0 Å². The summed E-state index contributed by atoms with van der Waals surface area (Å²) in [6.07, 6.45) is 2.41. The number of carbonyl (C=O) groups is 2. The molecule has 2 heterocycles. The maximum Gasteiger partial charge on any atom is 0.311 e. The summed E-state index contributed by atoms with van der Waals surface area (Å²) in [5, 5.41) is 9.63. The number of carbonyl (C=O) groups excluding carboxylic acids is 1. The van der Waals surface area contributed by atoms with Gasteiger partial charge in [-0.3, -0.25) is 9.59 Å². The molecule has 0 bridgehead atoms. The van der Waals surface area contributed by atoms with Gasteiger partial charge in [0.15, 0.2) is 0 Å². The SMILES string of the molecule is CC(C)C1(C(=O)O)CCN(C(=O)c2ccc(OC3CCOCC3)cc2)C1. The normalized spacial score (nSPS) is 24.0.